The Hall–Kier alpha value is -2.52. The SMILES string of the molecule is C#CCOC(=O)/C(C#N)=C\c1ccccc1. The molecule has 16 heavy (non-hydrogen) atoms. The maximum atomic E-state index is 11.3. The van der Waals surface area contributed by atoms with Gasteiger partial charge in [-0.3, -0.25) is 0 Å². The molecular formula is C13H9NO2. The molecular weight excluding hydrogens is 202 g/mol. The van der Waals surface area contributed by atoms with Crippen molar-refractivity contribution in [2.45, 2.75) is 0 Å². The summed E-state index contributed by atoms with van der Waals surface area (Å²) in [6, 6.07) is 10.8. The molecule has 3 heteroatoms. The van der Waals surface area contributed by atoms with Crippen LogP contribution in [0.4, 0.5) is 0 Å². The number of ether oxygens (including phenoxy) is 1. The molecule has 1 aromatic carbocycles. The second kappa shape index (κ2) is 6.06. The number of benzene rings is 1. The highest BCUT2D eigenvalue weighted by Gasteiger charge is 2.09. The summed E-state index contributed by atoms with van der Waals surface area (Å²) in [4.78, 5) is 11.3. The maximum Gasteiger partial charge on any atom is 0.349 e. The lowest BCUT2D eigenvalue weighted by Gasteiger charge is -1.98. The number of rotatable bonds is 3. The van der Waals surface area contributed by atoms with E-state index in [-0.39, 0.29) is 12.2 Å². The minimum Gasteiger partial charge on any atom is -0.448 e. The summed E-state index contributed by atoms with van der Waals surface area (Å²) < 4.78 is 4.65. The van der Waals surface area contributed by atoms with Gasteiger partial charge >= 0.3 is 5.97 Å². The number of nitriles is 1. The van der Waals surface area contributed by atoms with Gasteiger partial charge < -0.3 is 4.74 Å². The Morgan fingerprint density at radius 1 is 1.44 bits per heavy atom. The number of terminal acetylenes is 1. The van der Waals surface area contributed by atoms with Gasteiger partial charge in [-0.1, -0.05) is 36.3 Å². The Balaban J connectivity index is 2.84. The maximum absolute atomic E-state index is 11.3. The number of nitrogens with zero attached hydrogens (tertiary/aromatic N) is 1. The molecule has 0 amide bonds. The van der Waals surface area contributed by atoms with Crippen LogP contribution in [0.25, 0.3) is 6.08 Å². The number of hydrogen-bond donors (Lipinski definition) is 0. The molecule has 0 spiro atoms. The van der Waals surface area contributed by atoms with Crippen LogP contribution in [0.5, 0.6) is 0 Å². The van der Waals surface area contributed by atoms with Crippen LogP contribution in [0.1, 0.15) is 5.56 Å². The first kappa shape index (κ1) is 11.6. The van der Waals surface area contributed by atoms with Crippen LogP contribution in [-0.4, -0.2) is 12.6 Å². The van der Waals surface area contributed by atoms with E-state index in [1.807, 2.05) is 18.2 Å². The van der Waals surface area contributed by atoms with Crippen molar-refractivity contribution in [2.24, 2.45) is 0 Å². The smallest absolute Gasteiger partial charge is 0.349 e. The van der Waals surface area contributed by atoms with Gasteiger partial charge in [0.15, 0.2) is 6.61 Å². The lowest BCUT2D eigenvalue weighted by molar-refractivity contribution is -0.137. The summed E-state index contributed by atoms with van der Waals surface area (Å²) in [5.74, 6) is 1.46. The normalized spacial score (nSPS) is 10.0. The molecule has 0 unspecified atom stereocenters. The highest BCUT2D eigenvalue weighted by molar-refractivity contribution is 5.97. The molecule has 0 aliphatic carbocycles. The summed E-state index contributed by atoms with van der Waals surface area (Å²) in [5.41, 5.74) is 0.693. The predicted molar refractivity (Wildman–Crippen MR) is 59.8 cm³/mol. The van der Waals surface area contributed by atoms with Crippen molar-refractivity contribution in [3.63, 3.8) is 0 Å². The summed E-state index contributed by atoms with van der Waals surface area (Å²) in [6.07, 6.45) is 6.40. The Morgan fingerprint density at radius 3 is 2.69 bits per heavy atom. The highest BCUT2D eigenvalue weighted by atomic mass is 16.5. The van der Waals surface area contributed by atoms with Gasteiger partial charge in [0, 0.05) is 0 Å². The van der Waals surface area contributed by atoms with E-state index in [0.717, 1.165) is 5.56 Å². The van der Waals surface area contributed by atoms with Crippen molar-refractivity contribution in [3.8, 4) is 18.4 Å². The fraction of sp³-hybridized carbons (Fsp3) is 0.0769. The molecule has 0 saturated carbocycles. The third-order valence-electron chi connectivity index (χ3n) is 1.74. The molecule has 0 atom stereocenters. The van der Waals surface area contributed by atoms with E-state index in [4.69, 9.17) is 11.7 Å². The lowest BCUT2D eigenvalue weighted by Crippen LogP contribution is -2.06. The van der Waals surface area contributed by atoms with Crippen LogP contribution in [-0.2, 0) is 9.53 Å². The van der Waals surface area contributed by atoms with E-state index in [1.54, 1.807) is 18.2 Å². The second-order valence-electron chi connectivity index (χ2n) is 2.86. The van der Waals surface area contributed by atoms with Crippen LogP contribution in [0.2, 0.25) is 0 Å². The van der Waals surface area contributed by atoms with Crippen LogP contribution >= 0.6 is 0 Å². The Morgan fingerprint density at radius 2 is 2.12 bits per heavy atom. The van der Waals surface area contributed by atoms with E-state index >= 15 is 0 Å². The number of carbonyl (C=O) groups is 1. The number of hydrogen-bond acceptors (Lipinski definition) is 3. The number of carbonyl (C=O) groups excluding carboxylic acids is 1. The van der Waals surface area contributed by atoms with Crippen molar-refractivity contribution in [2.75, 3.05) is 6.61 Å². The molecule has 0 saturated heterocycles. The molecule has 0 aliphatic rings. The molecule has 1 rings (SSSR count). The van der Waals surface area contributed by atoms with Crippen LogP contribution in [0.3, 0.4) is 0 Å². The van der Waals surface area contributed by atoms with Gasteiger partial charge in [0.1, 0.15) is 11.6 Å². The van der Waals surface area contributed by atoms with Crippen molar-refractivity contribution in [1.82, 2.24) is 0 Å². The minimum atomic E-state index is -0.704. The van der Waals surface area contributed by atoms with Gasteiger partial charge in [0.05, 0.1) is 0 Å². The van der Waals surface area contributed by atoms with Crippen molar-refractivity contribution >= 4 is 12.0 Å². The first-order valence-corrected chi connectivity index (χ1v) is 4.55. The zero-order chi connectivity index (χ0) is 11.8. The van der Waals surface area contributed by atoms with Crippen LogP contribution < -0.4 is 0 Å². The van der Waals surface area contributed by atoms with Gasteiger partial charge in [-0.25, -0.2) is 4.79 Å². The molecule has 0 fully saturated rings. The molecule has 0 aromatic heterocycles. The highest BCUT2D eigenvalue weighted by Crippen LogP contribution is 2.07. The first-order valence-electron chi connectivity index (χ1n) is 4.55. The van der Waals surface area contributed by atoms with Crippen molar-refractivity contribution in [1.29, 1.82) is 5.26 Å². The molecule has 0 aliphatic heterocycles. The van der Waals surface area contributed by atoms with E-state index < -0.39 is 5.97 Å². The third kappa shape index (κ3) is 3.32. The zero-order valence-electron chi connectivity index (χ0n) is 8.51. The molecule has 0 N–H and O–H groups in total. The fourth-order valence-electron chi connectivity index (χ4n) is 1.04. The van der Waals surface area contributed by atoms with Gasteiger partial charge in [-0.05, 0) is 11.6 Å². The average molecular weight is 211 g/mol. The molecule has 78 valence electrons. The summed E-state index contributed by atoms with van der Waals surface area (Å²) in [6.45, 7) is -0.132. The largest absolute Gasteiger partial charge is 0.448 e. The molecule has 0 radical (unpaired) electrons. The lowest BCUT2D eigenvalue weighted by atomic mass is 10.1. The Bertz CT molecular complexity index is 475. The average Bonchev–Trinajstić information content (AvgIpc) is 2.34. The second-order valence-corrected chi connectivity index (χ2v) is 2.86. The topological polar surface area (TPSA) is 50.1 Å². The Labute approximate surface area is 94.0 Å². The molecule has 0 bridgehead atoms. The van der Waals surface area contributed by atoms with Crippen LogP contribution in [0, 0.1) is 23.7 Å². The minimum absolute atomic E-state index is 0.0681. The van der Waals surface area contributed by atoms with Gasteiger partial charge in [0.2, 0.25) is 0 Å². The van der Waals surface area contributed by atoms with Crippen LogP contribution in [0.15, 0.2) is 35.9 Å². The van der Waals surface area contributed by atoms with Crippen molar-refractivity contribution < 1.29 is 9.53 Å². The molecule has 1 aromatic rings. The predicted octanol–water partition coefficient (Wildman–Crippen LogP) is 1.77. The summed E-state index contributed by atoms with van der Waals surface area (Å²) in [7, 11) is 0. The van der Waals surface area contributed by atoms with Gasteiger partial charge in [0.25, 0.3) is 0 Å². The van der Waals surface area contributed by atoms with Gasteiger partial charge in [-0.15, -0.1) is 6.42 Å². The third-order valence-corrected chi connectivity index (χ3v) is 1.74. The quantitative estimate of drug-likeness (QED) is 0.331. The van der Waals surface area contributed by atoms with E-state index in [1.165, 1.54) is 6.08 Å². The standard InChI is InChI=1S/C13H9NO2/c1-2-8-16-13(15)12(10-14)9-11-6-4-3-5-7-11/h1,3-7,9H,8H2/b12-9-. The first-order chi connectivity index (χ1) is 7.77. The molecule has 3 nitrogen and oxygen atoms in total. The van der Waals surface area contributed by atoms with E-state index in [0.29, 0.717) is 0 Å². The Kier molecular flexibility index (Phi) is 4.37. The van der Waals surface area contributed by atoms with E-state index in [2.05, 4.69) is 10.7 Å². The molecule has 0 heterocycles. The van der Waals surface area contributed by atoms with Crippen molar-refractivity contribution in [3.05, 3.63) is 41.5 Å². The summed E-state index contributed by atoms with van der Waals surface area (Å²) >= 11 is 0. The fourth-order valence-corrected chi connectivity index (χ4v) is 1.04. The zero-order valence-corrected chi connectivity index (χ0v) is 8.51. The van der Waals surface area contributed by atoms with E-state index in [9.17, 15) is 4.79 Å². The summed E-state index contributed by atoms with van der Waals surface area (Å²) in [5, 5.41) is 8.79. The van der Waals surface area contributed by atoms with Gasteiger partial charge in [-0.2, -0.15) is 5.26 Å². The monoisotopic (exact) mass is 211 g/mol. The number of esters is 1.